The van der Waals surface area contributed by atoms with Crippen LogP contribution in [0.2, 0.25) is 0 Å². The van der Waals surface area contributed by atoms with Crippen LogP contribution in [0.5, 0.6) is 0 Å². The topological polar surface area (TPSA) is 84.4 Å². The highest BCUT2D eigenvalue weighted by Gasteiger charge is 2.21. The van der Waals surface area contributed by atoms with Crippen LogP contribution >= 0.6 is 15.9 Å². The summed E-state index contributed by atoms with van der Waals surface area (Å²) in [5.74, 6) is 5.45. The number of hydrogen-bond donors (Lipinski definition) is 3. The Morgan fingerprint density at radius 1 is 1.53 bits per heavy atom. The van der Waals surface area contributed by atoms with Crippen molar-refractivity contribution in [1.82, 2.24) is 10.3 Å². The number of hydrogen-bond acceptors (Lipinski definition) is 4. The van der Waals surface area contributed by atoms with Crippen molar-refractivity contribution < 1.29 is 4.79 Å². The van der Waals surface area contributed by atoms with Crippen LogP contribution in [-0.4, -0.2) is 30.4 Å². The van der Waals surface area contributed by atoms with Crippen LogP contribution in [0.25, 0.3) is 0 Å². The minimum absolute atomic E-state index is 0.281. The molecule has 0 radical (unpaired) electrons. The molecule has 1 aliphatic rings. The van der Waals surface area contributed by atoms with E-state index in [0.29, 0.717) is 11.5 Å². The van der Waals surface area contributed by atoms with E-state index in [1.807, 2.05) is 6.07 Å². The number of nitrogens with zero attached hydrogens (tertiary/aromatic N) is 1. The Labute approximate surface area is 121 Å². The summed E-state index contributed by atoms with van der Waals surface area (Å²) in [5.41, 5.74) is 9.55. The molecule has 0 bridgehead atoms. The van der Waals surface area contributed by atoms with Crippen LogP contribution in [0.1, 0.15) is 22.3 Å². The number of likely N-dealkylation sites (tertiary alicyclic amines) is 1. The normalized spacial score (nSPS) is 19.6. The van der Waals surface area contributed by atoms with Gasteiger partial charge < -0.3 is 5.73 Å². The first-order valence-corrected chi connectivity index (χ1v) is 7.15. The molecule has 1 fully saturated rings. The van der Waals surface area contributed by atoms with Crippen molar-refractivity contribution in [3.8, 4) is 0 Å². The van der Waals surface area contributed by atoms with Crippen molar-refractivity contribution in [3.63, 3.8) is 0 Å². The predicted molar refractivity (Wildman–Crippen MR) is 78.2 cm³/mol. The molecule has 19 heavy (non-hydrogen) atoms. The van der Waals surface area contributed by atoms with Gasteiger partial charge in [0.15, 0.2) is 0 Å². The van der Waals surface area contributed by atoms with Gasteiger partial charge in [0.05, 0.1) is 0 Å². The zero-order chi connectivity index (χ0) is 13.8. The molecule has 0 aromatic heterocycles. The molecule has 1 saturated heterocycles. The number of nitrogens with one attached hydrogen (secondary N) is 1. The van der Waals surface area contributed by atoms with Gasteiger partial charge in [-0.1, -0.05) is 22.0 Å². The van der Waals surface area contributed by atoms with E-state index in [-0.39, 0.29) is 5.91 Å². The fourth-order valence-corrected chi connectivity index (χ4v) is 2.89. The molecule has 104 valence electrons. The fraction of sp³-hybridized carbons (Fsp3) is 0.462. The van der Waals surface area contributed by atoms with E-state index < -0.39 is 0 Å². The zero-order valence-electron chi connectivity index (χ0n) is 10.7. The van der Waals surface area contributed by atoms with Crippen LogP contribution in [0, 0.1) is 5.92 Å². The zero-order valence-corrected chi connectivity index (χ0v) is 12.3. The van der Waals surface area contributed by atoms with Gasteiger partial charge in [0, 0.05) is 23.1 Å². The summed E-state index contributed by atoms with van der Waals surface area (Å²) in [6.45, 7) is 3.77. The van der Waals surface area contributed by atoms with E-state index in [9.17, 15) is 4.79 Å². The lowest BCUT2D eigenvalue weighted by atomic mass is 10.1. The molecule has 5 N–H and O–H groups in total. The van der Waals surface area contributed by atoms with E-state index in [2.05, 4.69) is 26.3 Å². The van der Waals surface area contributed by atoms with Gasteiger partial charge in [-0.2, -0.15) is 0 Å². The smallest absolute Gasteiger partial charge is 0.265 e. The van der Waals surface area contributed by atoms with Crippen LogP contribution in [0.15, 0.2) is 22.7 Å². The molecule has 1 aliphatic heterocycles. The molecule has 1 unspecified atom stereocenters. The highest BCUT2D eigenvalue weighted by molar-refractivity contribution is 9.10. The van der Waals surface area contributed by atoms with Gasteiger partial charge in [0.25, 0.3) is 5.91 Å². The number of rotatable bonds is 4. The molecule has 0 aliphatic carbocycles. The third kappa shape index (κ3) is 3.54. The van der Waals surface area contributed by atoms with E-state index in [0.717, 1.165) is 30.7 Å². The number of amides is 1. The number of benzene rings is 1. The van der Waals surface area contributed by atoms with E-state index >= 15 is 0 Å². The molecule has 1 aromatic rings. The highest BCUT2D eigenvalue weighted by atomic mass is 79.9. The molecule has 0 saturated carbocycles. The lowest BCUT2D eigenvalue weighted by molar-refractivity contribution is 0.0953. The molecule has 5 nitrogen and oxygen atoms in total. The third-order valence-electron chi connectivity index (χ3n) is 3.54. The van der Waals surface area contributed by atoms with Crippen molar-refractivity contribution in [3.05, 3.63) is 33.8 Å². The van der Waals surface area contributed by atoms with Crippen molar-refractivity contribution in [1.29, 1.82) is 0 Å². The van der Waals surface area contributed by atoms with E-state index in [1.165, 1.54) is 12.0 Å². The molecular weight excluding hydrogens is 308 g/mol. The van der Waals surface area contributed by atoms with Crippen molar-refractivity contribution in [2.45, 2.75) is 13.0 Å². The molecule has 2 rings (SSSR count). The molecular formula is C13H19BrN4O. The van der Waals surface area contributed by atoms with Gasteiger partial charge in [0.2, 0.25) is 0 Å². The average molecular weight is 327 g/mol. The van der Waals surface area contributed by atoms with Gasteiger partial charge in [-0.15, -0.1) is 0 Å². The number of hydrazine groups is 1. The summed E-state index contributed by atoms with van der Waals surface area (Å²) in [4.78, 5) is 13.8. The van der Waals surface area contributed by atoms with Crippen molar-refractivity contribution in [2.75, 3.05) is 19.6 Å². The molecule has 1 aromatic carbocycles. The second-order valence-electron chi connectivity index (χ2n) is 4.91. The maximum Gasteiger partial charge on any atom is 0.265 e. The lowest BCUT2D eigenvalue weighted by Crippen LogP contribution is -2.30. The van der Waals surface area contributed by atoms with Crippen LogP contribution in [-0.2, 0) is 6.54 Å². The Morgan fingerprint density at radius 2 is 2.32 bits per heavy atom. The first kappa shape index (κ1) is 14.5. The van der Waals surface area contributed by atoms with Crippen molar-refractivity contribution >= 4 is 21.8 Å². The molecule has 1 atom stereocenters. The molecule has 1 amide bonds. The Balaban J connectivity index is 2.03. The Morgan fingerprint density at radius 3 is 2.89 bits per heavy atom. The van der Waals surface area contributed by atoms with Crippen LogP contribution in [0.4, 0.5) is 0 Å². The fourth-order valence-electron chi connectivity index (χ4n) is 2.39. The SMILES string of the molecule is NCC1CCN(Cc2ccc(C(=O)NN)cc2Br)C1. The number of nitrogen functional groups attached to an aromatic ring is 1. The second-order valence-corrected chi connectivity index (χ2v) is 5.76. The van der Waals surface area contributed by atoms with Gasteiger partial charge in [-0.05, 0) is 43.1 Å². The number of halogens is 1. The summed E-state index contributed by atoms with van der Waals surface area (Å²) < 4.78 is 0.935. The monoisotopic (exact) mass is 326 g/mol. The molecule has 1 heterocycles. The average Bonchev–Trinajstić information content (AvgIpc) is 2.88. The molecule has 6 heteroatoms. The summed E-state index contributed by atoms with van der Waals surface area (Å²) in [6.07, 6.45) is 1.17. The molecule has 0 spiro atoms. The third-order valence-corrected chi connectivity index (χ3v) is 4.28. The quantitative estimate of drug-likeness (QED) is 0.435. The number of carbonyl (C=O) groups is 1. The first-order valence-electron chi connectivity index (χ1n) is 6.36. The summed E-state index contributed by atoms with van der Waals surface area (Å²) in [6, 6.07) is 5.55. The largest absolute Gasteiger partial charge is 0.330 e. The predicted octanol–water partition coefficient (Wildman–Crippen LogP) is 0.833. The Hall–Kier alpha value is -0.950. The van der Waals surface area contributed by atoms with Crippen LogP contribution < -0.4 is 17.0 Å². The van der Waals surface area contributed by atoms with Crippen molar-refractivity contribution in [2.24, 2.45) is 17.5 Å². The first-order chi connectivity index (χ1) is 9.13. The maximum absolute atomic E-state index is 11.4. The standard InChI is InChI=1S/C13H19BrN4O/c14-12-5-10(13(19)17-16)1-2-11(12)8-18-4-3-9(6-15)7-18/h1-2,5,9H,3-4,6-8,15-16H2,(H,17,19). The lowest BCUT2D eigenvalue weighted by Gasteiger charge is -2.17. The Bertz CT molecular complexity index is 466. The van der Waals surface area contributed by atoms with Gasteiger partial charge >= 0.3 is 0 Å². The minimum Gasteiger partial charge on any atom is -0.330 e. The van der Waals surface area contributed by atoms with E-state index in [4.69, 9.17) is 11.6 Å². The van der Waals surface area contributed by atoms with Gasteiger partial charge in [-0.25, -0.2) is 5.84 Å². The maximum atomic E-state index is 11.4. The van der Waals surface area contributed by atoms with Gasteiger partial charge in [-0.3, -0.25) is 15.1 Å². The second kappa shape index (κ2) is 6.47. The number of carbonyl (C=O) groups excluding carboxylic acids is 1. The Kier molecular flexibility index (Phi) is 4.93. The summed E-state index contributed by atoms with van der Waals surface area (Å²) in [7, 11) is 0. The van der Waals surface area contributed by atoms with E-state index in [1.54, 1.807) is 12.1 Å². The van der Waals surface area contributed by atoms with Crippen LogP contribution in [0.3, 0.4) is 0 Å². The van der Waals surface area contributed by atoms with Gasteiger partial charge in [0.1, 0.15) is 0 Å². The highest BCUT2D eigenvalue weighted by Crippen LogP contribution is 2.23. The summed E-state index contributed by atoms with van der Waals surface area (Å²) >= 11 is 3.51. The summed E-state index contributed by atoms with van der Waals surface area (Å²) in [5, 5.41) is 0. The number of nitrogens with two attached hydrogens (primary N) is 2. The minimum atomic E-state index is -0.281.